The highest BCUT2D eigenvalue weighted by Gasteiger charge is 2.17. The van der Waals surface area contributed by atoms with E-state index in [1.54, 1.807) is 24.3 Å². The minimum absolute atomic E-state index is 0.217. The van der Waals surface area contributed by atoms with E-state index in [2.05, 4.69) is 0 Å². The van der Waals surface area contributed by atoms with Crippen molar-refractivity contribution < 1.29 is 19.4 Å². The molecule has 1 aliphatic heterocycles. The van der Waals surface area contributed by atoms with Crippen LogP contribution in [0, 0.1) is 0 Å². The molecule has 1 N–H and O–H groups in total. The molecule has 16 heavy (non-hydrogen) atoms. The molecule has 0 spiro atoms. The number of benzene rings is 2. The Morgan fingerprint density at radius 3 is 2.88 bits per heavy atom. The van der Waals surface area contributed by atoms with Crippen molar-refractivity contribution in [2.75, 3.05) is 6.79 Å². The molecule has 0 saturated carbocycles. The molecule has 3 rings (SSSR count). The second-order valence-electron chi connectivity index (χ2n) is 3.54. The van der Waals surface area contributed by atoms with Crippen LogP contribution >= 0.6 is 0 Å². The molecule has 4 nitrogen and oxygen atoms in total. The smallest absolute Gasteiger partial charge is 0.335 e. The number of rotatable bonds is 1. The molecule has 0 radical (unpaired) electrons. The average molecular weight is 216 g/mol. The van der Waals surface area contributed by atoms with Gasteiger partial charge in [0.25, 0.3) is 0 Å². The SMILES string of the molecule is O=C(O)c1ccc2c3c(ccc2c1)OCO3. The normalized spacial score (nSPS) is 13.0. The molecular formula is C12H8O4. The first-order valence-electron chi connectivity index (χ1n) is 4.81. The molecule has 0 aromatic heterocycles. The van der Waals surface area contributed by atoms with Crippen molar-refractivity contribution in [3.05, 3.63) is 35.9 Å². The quantitative estimate of drug-likeness (QED) is 0.794. The van der Waals surface area contributed by atoms with E-state index in [0.29, 0.717) is 11.5 Å². The zero-order valence-electron chi connectivity index (χ0n) is 8.27. The first-order valence-corrected chi connectivity index (χ1v) is 4.81. The van der Waals surface area contributed by atoms with E-state index in [4.69, 9.17) is 14.6 Å². The highest BCUT2D eigenvalue weighted by molar-refractivity contribution is 5.97. The molecular weight excluding hydrogens is 208 g/mol. The van der Waals surface area contributed by atoms with E-state index in [1.807, 2.05) is 6.07 Å². The molecule has 0 aliphatic carbocycles. The fourth-order valence-corrected chi connectivity index (χ4v) is 1.83. The largest absolute Gasteiger partial charge is 0.478 e. The van der Waals surface area contributed by atoms with Crippen LogP contribution in [-0.4, -0.2) is 17.9 Å². The lowest BCUT2D eigenvalue weighted by Gasteiger charge is -2.03. The third-order valence-electron chi connectivity index (χ3n) is 2.60. The monoisotopic (exact) mass is 216 g/mol. The first kappa shape index (κ1) is 9.03. The summed E-state index contributed by atoms with van der Waals surface area (Å²) in [6, 6.07) is 8.55. The lowest BCUT2D eigenvalue weighted by Crippen LogP contribution is -1.95. The van der Waals surface area contributed by atoms with Crippen molar-refractivity contribution >= 4 is 16.7 Å². The van der Waals surface area contributed by atoms with E-state index in [-0.39, 0.29) is 12.4 Å². The molecule has 0 atom stereocenters. The third kappa shape index (κ3) is 1.20. The molecule has 0 unspecified atom stereocenters. The summed E-state index contributed by atoms with van der Waals surface area (Å²) in [7, 11) is 0. The summed E-state index contributed by atoms with van der Waals surface area (Å²) in [4.78, 5) is 10.8. The summed E-state index contributed by atoms with van der Waals surface area (Å²) in [5.41, 5.74) is 0.270. The topological polar surface area (TPSA) is 55.8 Å². The van der Waals surface area contributed by atoms with E-state index in [0.717, 1.165) is 10.8 Å². The Bertz CT molecular complexity index is 589. The van der Waals surface area contributed by atoms with Crippen LogP contribution in [0.1, 0.15) is 10.4 Å². The lowest BCUT2D eigenvalue weighted by atomic mass is 10.1. The van der Waals surface area contributed by atoms with E-state index in [9.17, 15) is 4.79 Å². The summed E-state index contributed by atoms with van der Waals surface area (Å²) in [5.74, 6) is 0.463. The number of ether oxygens (including phenoxy) is 2. The molecule has 0 saturated heterocycles. The number of carboxylic acid groups (broad SMARTS) is 1. The Hall–Kier alpha value is -2.23. The van der Waals surface area contributed by atoms with Gasteiger partial charge in [-0.1, -0.05) is 6.07 Å². The zero-order valence-corrected chi connectivity index (χ0v) is 8.27. The zero-order chi connectivity index (χ0) is 11.1. The number of carbonyl (C=O) groups is 1. The number of fused-ring (bicyclic) bond motifs is 3. The van der Waals surface area contributed by atoms with E-state index >= 15 is 0 Å². The maximum absolute atomic E-state index is 10.8. The Labute approximate surface area is 91.0 Å². The van der Waals surface area contributed by atoms with Crippen molar-refractivity contribution in [1.82, 2.24) is 0 Å². The maximum atomic E-state index is 10.8. The van der Waals surface area contributed by atoms with Gasteiger partial charge in [0.05, 0.1) is 5.56 Å². The standard InChI is InChI=1S/C12H8O4/c13-12(14)8-1-3-9-7(5-8)2-4-10-11(9)16-6-15-10/h1-5H,6H2,(H,13,14). The van der Waals surface area contributed by atoms with Gasteiger partial charge in [-0.3, -0.25) is 0 Å². The highest BCUT2D eigenvalue weighted by Crippen LogP contribution is 2.39. The first-order chi connectivity index (χ1) is 7.75. The Morgan fingerprint density at radius 1 is 1.19 bits per heavy atom. The predicted octanol–water partition coefficient (Wildman–Crippen LogP) is 2.27. The van der Waals surface area contributed by atoms with Gasteiger partial charge in [0.15, 0.2) is 11.5 Å². The Kier molecular flexibility index (Phi) is 1.77. The van der Waals surface area contributed by atoms with E-state index < -0.39 is 5.97 Å². The molecule has 2 aromatic carbocycles. The van der Waals surface area contributed by atoms with Gasteiger partial charge in [0, 0.05) is 5.39 Å². The van der Waals surface area contributed by atoms with Crippen LogP contribution in [0.2, 0.25) is 0 Å². The van der Waals surface area contributed by atoms with Gasteiger partial charge in [-0.2, -0.15) is 0 Å². The summed E-state index contributed by atoms with van der Waals surface area (Å²) in [6.07, 6.45) is 0. The fourth-order valence-electron chi connectivity index (χ4n) is 1.83. The van der Waals surface area contributed by atoms with Gasteiger partial charge in [-0.25, -0.2) is 4.79 Å². The van der Waals surface area contributed by atoms with Crippen molar-refractivity contribution in [3.8, 4) is 11.5 Å². The van der Waals surface area contributed by atoms with E-state index in [1.165, 1.54) is 0 Å². The minimum Gasteiger partial charge on any atom is -0.478 e. The van der Waals surface area contributed by atoms with Gasteiger partial charge in [-0.05, 0) is 29.7 Å². The fraction of sp³-hybridized carbons (Fsp3) is 0.0833. The molecule has 4 heteroatoms. The average Bonchev–Trinajstić information content (AvgIpc) is 2.76. The molecule has 0 amide bonds. The van der Waals surface area contributed by atoms with Gasteiger partial charge < -0.3 is 14.6 Å². The number of hydrogen-bond acceptors (Lipinski definition) is 3. The van der Waals surface area contributed by atoms with Crippen LogP contribution in [0.3, 0.4) is 0 Å². The van der Waals surface area contributed by atoms with Gasteiger partial charge in [0.1, 0.15) is 0 Å². The summed E-state index contributed by atoms with van der Waals surface area (Å²) >= 11 is 0. The minimum atomic E-state index is -0.931. The second kappa shape index (κ2) is 3.13. The van der Waals surface area contributed by atoms with Crippen LogP contribution < -0.4 is 9.47 Å². The molecule has 1 aliphatic rings. The van der Waals surface area contributed by atoms with Crippen LogP contribution in [0.25, 0.3) is 10.8 Å². The molecule has 2 aromatic rings. The predicted molar refractivity (Wildman–Crippen MR) is 57.0 cm³/mol. The highest BCUT2D eigenvalue weighted by atomic mass is 16.7. The molecule has 80 valence electrons. The Morgan fingerprint density at radius 2 is 2.06 bits per heavy atom. The number of hydrogen-bond donors (Lipinski definition) is 1. The lowest BCUT2D eigenvalue weighted by molar-refractivity contribution is 0.0697. The van der Waals surface area contributed by atoms with Gasteiger partial charge in [-0.15, -0.1) is 0 Å². The summed E-state index contributed by atoms with van der Waals surface area (Å²) in [5, 5.41) is 10.6. The molecule has 1 heterocycles. The van der Waals surface area contributed by atoms with Crippen molar-refractivity contribution in [1.29, 1.82) is 0 Å². The maximum Gasteiger partial charge on any atom is 0.335 e. The Balaban J connectivity index is 2.28. The molecule has 0 fully saturated rings. The second-order valence-corrected chi connectivity index (χ2v) is 3.54. The van der Waals surface area contributed by atoms with Crippen LogP contribution in [-0.2, 0) is 0 Å². The number of carboxylic acids is 1. The summed E-state index contributed by atoms with van der Waals surface area (Å²) < 4.78 is 10.6. The van der Waals surface area contributed by atoms with Gasteiger partial charge in [0.2, 0.25) is 6.79 Å². The van der Waals surface area contributed by atoms with Crippen LogP contribution in [0.5, 0.6) is 11.5 Å². The van der Waals surface area contributed by atoms with Gasteiger partial charge >= 0.3 is 5.97 Å². The summed E-state index contributed by atoms with van der Waals surface area (Å²) in [6.45, 7) is 0.217. The number of aromatic carboxylic acids is 1. The molecule has 0 bridgehead atoms. The van der Waals surface area contributed by atoms with Crippen molar-refractivity contribution in [3.63, 3.8) is 0 Å². The van der Waals surface area contributed by atoms with Crippen LogP contribution in [0.15, 0.2) is 30.3 Å². The van der Waals surface area contributed by atoms with Crippen molar-refractivity contribution in [2.24, 2.45) is 0 Å². The van der Waals surface area contributed by atoms with Crippen LogP contribution in [0.4, 0.5) is 0 Å². The third-order valence-corrected chi connectivity index (χ3v) is 2.60. The van der Waals surface area contributed by atoms with Crippen molar-refractivity contribution in [2.45, 2.75) is 0 Å².